The van der Waals surface area contributed by atoms with Crippen molar-refractivity contribution in [2.45, 2.75) is 38.1 Å². The Bertz CT molecular complexity index is 992. The van der Waals surface area contributed by atoms with Crippen LogP contribution in [0.2, 0.25) is 0 Å². The Kier molecular flexibility index (Phi) is 5.99. The first-order valence-electron chi connectivity index (χ1n) is 9.76. The van der Waals surface area contributed by atoms with Crippen molar-refractivity contribution in [2.75, 3.05) is 6.54 Å². The number of nitrogens with zero attached hydrogens (tertiary/aromatic N) is 3. The predicted molar refractivity (Wildman–Crippen MR) is 114 cm³/mol. The number of rotatable bonds is 5. The van der Waals surface area contributed by atoms with E-state index in [0.29, 0.717) is 19.5 Å². The molecule has 0 saturated heterocycles. The highest BCUT2D eigenvalue weighted by molar-refractivity contribution is 9.10. The number of aliphatic hydroxyl groups is 2. The van der Waals surface area contributed by atoms with E-state index in [2.05, 4.69) is 21.0 Å². The highest BCUT2D eigenvalue weighted by atomic mass is 79.9. The first kappa shape index (κ1) is 20.7. The van der Waals surface area contributed by atoms with Gasteiger partial charge in [0.05, 0.1) is 18.7 Å². The minimum Gasteiger partial charge on any atom is -0.384 e. The predicted octanol–water partition coefficient (Wildman–Crippen LogP) is 1.84. The summed E-state index contributed by atoms with van der Waals surface area (Å²) in [5.41, 5.74) is 3.21. The molecule has 0 aliphatic carbocycles. The van der Waals surface area contributed by atoms with Crippen LogP contribution >= 0.6 is 15.9 Å². The third-order valence-corrected chi connectivity index (χ3v) is 5.98. The number of amides is 2. The standard InChI is InChI=1S/C22H22BrN3O4/c23-17-7-5-14(6-8-17)12-26-19(27)11-18(24-26)20(28)21(29)22(30)25-10-9-15-3-1-2-4-16(15)13-25/h1-8,20-21,28-29H,9-13H2. The number of benzene rings is 2. The molecular weight excluding hydrogens is 450 g/mol. The number of hydrogen-bond acceptors (Lipinski definition) is 5. The van der Waals surface area contributed by atoms with Crippen LogP contribution in [0.25, 0.3) is 0 Å². The third-order valence-electron chi connectivity index (χ3n) is 5.45. The molecule has 2 aromatic carbocycles. The molecule has 0 spiro atoms. The zero-order chi connectivity index (χ0) is 21.3. The van der Waals surface area contributed by atoms with Gasteiger partial charge >= 0.3 is 0 Å². The van der Waals surface area contributed by atoms with Gasteiger partial charge in [0.1, 0.15) is 6.10 Å². The van der Waals surface area contributed by atoms with Crippen LogP contribution < -0.4 is 0 Å². The number of hydrazone groups is 1. The maximum absolute atomic E-state index is 12.7. The second-order valence-electron chi connectivity index (χ2n) is 7.51. The van der Waals surface area contributed by atoms with Gasteiger partial charge in [0.25, 0.3) is 5.91 Å². The van der Waals surface area contributed by atoms with Gasteiger partial charge in [-0.2, -0.15) is 5.10 Å². The van der Waals surface area contributed by atoms with Crippen LogP contribution in [0, 0.1) is 0 Å². The van der Waals surface area contributed by atoms with Crippen LogP contribution in [0.3, 0.4) is 0 Å². The molecule has 156 valence electrons. The lowest BCUT2D eigenvalue weighted by Crippen LogP contribution is -2.48. The number of carbonyl (C=O) groups is 2. The molecule has 4 rings (SSSR count). The molecule has 2 amide bonds. The van der Waals surface area contributed by atoms with Crippen molar-refractivity contribution >= 4 is 33.5 Å². The van der Waals surface area contributed by atoms with Gasteiger partial charge in [0.15, 0.2) is 6.10 Å². The molecule has 2 aromatic rings. The van der Waals surface area contributed by atoms with Gasteiger partial charge in [-0.25, -0.2) is 5.01 Å². The maximum Gasteiger partial charge on any atom is 0.254 e. The van der Waals surface area contributed by atoms with Crippen LogP contribution in [-0.2, 0) is 29.1 Å². The lowest BCUT2D eigenvalue weighted by Gasteiger charge is -2.31. The maximum atomic E-state index is 12.7. The van der Waals surface area contributed by atoms with Crippen LogP contribution in [-0.4, -0.2) is 56.4 Å². The first-order valence-corrected chi connectivity index (χ1v) is 10.6. The first-order chi connectivity index (χ1) is 14.4. The van der Waals surface area contributed by atoms with Gasteiger partial charge in [-0.15, -0.1) is 0 Å². The summed E-state index contributed by atoms with van der Waals surface area (Å²) in [6.45, 7) is 1.12. The van der Waals surface area contributed by atoms with E-state index < -0.39 is 18.1 Å². The summed E-state index contributed by atoms with van der Waals surface area (Å²) < 4.78 is 0.931. The van der Waals surface area contributed by atoms with Crippen molar-refractivity contribution in [3.8, 4) is 0 Å². The van der Waals surface area contributed by atoms with Gasteiger partial charge in [-0.1, -0.05) is 52.3 Å². The Morgan fingerprint density at radius 3 is 2.53 bits per heavy atom. The minimum absolute atomic E-state index is 0.107. The molecule has 0 aromatic heterocycles. The van der Waals surface area contributed by atoms with Crippen molar-refractivity contribution in [3.05, 3.63) is 69.7 Å². The summed E-state index contributed by atoms with van der Waals surface area (Å²) in [4.78, 5) is 26.6. The topological polar surface area (TPSA) is 93.4 Å². The quantitative estimate of drug-likeness (QED) is 0.695. The van der Waals surface area contributed by atoms with Crippen molar-refractivity contribution in [1.29, 1.82) is 0 Å². The summed E-state index contributed by atoms with van der Waals surface area (Å²) >= 11 is 3.37. The lowest BCUT2D eigenvalue weighted by atomic mass is 9.98. The van der Waals surface area contributed by atoms with Crippen LogP contribution in [0.4, 0.5) is 0 Å². The van der Waals surface area contributed by atoms with E-state index in [0.717, 1.165) is 15.6 Å². The summed E-state index contributed by atoms with van der Waals surface area (Å²) in [5.74, 6) is -0.836. The summed E-state index contributed by atoms with van der Waals surface area (Å²) in [5, 5.41) is 26.5. The normalized spacial score (nSPS) is 18.1. The molecule has 2 aliphatic rings. The van der Waals surface area contributed by atoms with Gasteiger partial charge in [0, 0.05) is 17.6 Å². The van der Waals surface area contributed by atoms with E-state index in [4.69, 9.17) is 0 Å². The fraction of sp³-hybridized carbons (Fsp3) is 0.318. The molecule has 2 heterocycles. The second kappa shape index (κ2) is 8.67. The Morgan fingerprint density at radius 1 is 1.10 bits per heavy atom. The largest absolute Gasteiger partial charge is 0.384 e. The smallest absolute Gasteiger partial charge is 0.254 e. The molecule has 0 radical (unpaired) electrons. The SMILES string of the molecule is O=C(C(O)C(O)C1=NN(Cc2ccc(Br)cc2)C(=O)C1)N1CCc2ccccc2C1. The Morgan fingerprint density at radius 2 is 1.80 bits per heavy atom. The van der Waals surface area contributed by atoms with E-state index in [1.807, 2.05) is 48.5 Å². The van der Waals surface area contributed by atoms with Gasteiger partial charge in [-0.05, 0) is 35.2 Å². The zero-order valence-electron chi connectivity index (χ0n) is 16.2. The Hall–Kier alpha value is -2.55. The molecule has 30 heavy (non-hydrogen) atoms. The number of carbonyl (C=O) groups excluding carboxylic acids is 2. The van der Waals surface area contributed by atoms with Gasteiger partial charge in [0.2, 0.25) is 5.91 Å². The molecular formula is C22H22BrN3O4. The van der Waals surface area contributed by atoms with Crippen LogP contribution in [0.15, 0.2) is 58.1 Å². The van der Waals surface area contributed by atoms with Crippen molar-refractivity contribution in [3.63, 3.8) is 0 Å². The molecule has 2 N–H and O–H groups in total. The average molecular weight is 472 g/mol. The Balaban J connectivity index is 1.42. The third kappa shape index (κ3) is 4.30. The number of aliphatic hydroxyl groups excluding tert-OH is 2. The van der Waals surface area contributed by atoms with E-state index in [1.165, 1.54) is 15.5 Å². The summed E-state index contributed by atoms with van der Waals surface area (Å²) in [7, 11) is 0. The molecule has 0 fully saturated rings. The molecule has 7 nitrogen and oxygen atoms in total. The lowest BCUT2D eigenvalue weighted by molar-refractivity contribution is -0.144. The molecule has 2 atom stereocenters. The molecule has 2 unspecified atom stereocenters. The number of hydrogen-bond donors (Lipinski definition) is 2. The van der Waals surface area contributed by atoms with E-state index in [1.54, 1.807) is 0 Å². The molecule has 0 bridgehead atoms. The number of fused-ring (bicyclic) bond motifs is 1. The summed E-state index contributed by atoms with van der Waals surface area (Å²) in [6.07, 6.45) is -2.60. The van der Waals surface area contributed by atoms with Crippen molar-refractivity contribution < 1.29 is 19.8 Å². The monoisotopic (exact) mass is 471 g/mol. The summed E-state index contributed by atoms with van der Waals surface area (Å²) in [6, 6.07) is 15.3. The van der Waals surface area contributed by atoms with E-state index in [9.17, 15) is 19.8 Å². The molecule has 8 heteroatoms. The van der Waals surface area contributed by atoms with Crippen molar-refractivity contribution in [2.24, 2.45) is 5.10 Å². The number of halogens is 1. The van der Waals surface area contributed by atoms with Gasteiger partial charge < -0.3 is 15.1 Å². The van der Waals surface area contributed by atoms with E-state index in [-0.39, 0.29) is 24.6 Å². The molecule has 2 aliphatic heterocycles. The molecule has 0 saturated carbocycles. The highest BCUT2D eigenvalue weighted by Crippen LogP contribution is 2.22. The highest BCUT2D eigenvalue weighted by Gasteiger charge is 2.37. The van der Waals surface area contributed by atoms with E-state index >= 15 is 0 Å². The van der Waals surface area contributed by atoms with Crippen LogP contribution in [0.1, 0.15) is 23.1 Å². The average Bonchev–Trinajstić information content (AvgIpc) is 3.13. The van der Waals surface area contributed by atoms with Crippen molar-refractivity contribution in [1.82, 2.24) is 9.91 Å². The van der Waals surface area contributed by atoms with Gasteiger partial charge in [-0.3, -0.25) is 9.59 Å². The van der Waals surface area contributed by atoms with Crippen LogP contribution in [0.5, 0.6) is 0 Å². The minimum atomic E-state index is -1.66. The Labute approximate surface area is 182 Å². The fourth-order valence-corrected chi connectivity index (χ4v) is 3.99. The zero-order valence-corrected chi connectivity index (χ0v) is 17.8. The second-order valence-corrected chi connectivity index (χ2v) is 8.43. The fourth-order valence-electron chi connectivity index (χ4n) is 3.73.